The molecule has 0 aliphatic carbocycles. The van der Waals surface area contributed by atoms with Crippen LogP contribution in [0.3, 0.4) is 0 Å². The van der Waals surface area contributed by atoms with E-state index in [1.807, 2.05) is 18.2 Å². The largest absolute Gasteiger partial charge is 0.368 e. The van der Waals surface area contributed by atoms with Crippen LogP contribution in [0.15, 0.2) is 36.4 Å². The van der Waals surface area contributed by atoms with Crippen LogP contribution in [0.1, 0.15) is 5.69 Å². The number of anilines is 2. The monoisotopic (exact) mass is 273 g/mol. The quantitative estimate of drug-likeness (QED) is 0.641. The Morgan fingerprint density at radius 3 is 2.84 bits per heavy atom. The molecule has 0 radical (unpaired) electrons. The molecular formula is C13H12ClN5. The van der Waals surface area contributed by atoms with Crippen LogP contribution in [-0.2, 0) is 6.54 Å². The Hall–Kier alpha value is -2.27. The van der Waals surface area contributed by atoms with Crippen molar-refractivity contribution in [1.82, 2.24) is 15.0 Å². The second-order valence-electron chi connectivity index (χ2n) is 4.17. The maximum absolute atomic E-state index is 5.82. The van der Waals surface area contributed by atoms with Gasteiger partial charge in [0.2, 0.25) is 5.95 Å². The molecule has 0 unspecified atom stereocenters. The second-order valence-corrected chi connectivity index (χ2v) is 4.56. The highest BCUT2D eigenvalue weighted by Gasteiger charge is 2.02. The van der Waals surface area contributed by atoms with E-state index >= 15 is 0 Å². The molecule has 0 aliphatic heterocycles. The summed E-state index contributed by atoms with van der Waals surface area (Å²) in [6, 6.07) is 11.8. The van der Waals surface area contributed by atoms with E-state index in [1.165, 1.54) is 5.39 Å². The first-order valence-electron chi connectivity index (χ1n) is 5.81. The van der Waals surface area contributed by atoms with Crippen molar-refractivity contribution in [1.29, 1.82) is 0 Å². The standard InChI is InChI=1S/C13H12ClN5/c14-11-6-12(19-13(15)18-11)16-7-9-5-8-3-1-2-4-10(8)17-9/h1-6,17H,7H2,(H3,15,16,18,19). The van der Waals surface area contributed by atoms with Gasteiger partial charge >= 0.3 is 0 Å². The first-order chi connectivity index (χ1) is 9.20. The molecule has 19 heavy (non-hydrogen) atoms. The van der Waals surface area contributed by atoms with E-state index in [-0.39, 0.29) is 5.95 Å². The fourth-order valence-electron chi connectivity index (χ4n) is 1.94. The van der Waals surface area contributed by atoms with Gasteiger partial charge in [-0.15, -0.1) is 0 Å². The third-order valence-electron chi connectivity index (χ3n) is 2.76. The number of rotatable bonds is 3. The first kappa shape index (κ1) is 11.8. The van der Waals surface area contributed by atoms with Gasteiger partial charge in [0, 0.05) is 17.3 Å². The highest BCUT2D eigenvalue weighted by atomic mass is 35.5. The summed E-state index contributed by atoms with van der Waals surface area (Å²) >= 11 is 5.82. The van der Waals surface area contributed by atoms with Gasteiger partial charge in [0.25, 0.3) is 0 Å². The summed E-state index contributed by atoms with van der Waals surface area (Å²) in [5.41, 5.74) is 7.71. The summed E-state index contributed by atoms with van der Waals surface area (Å²) in [5, 5.41) is 4.66. The van der Waals surface area contributed by atoms with E-state index < -0.39 is 0 Å². The van der Waals surface area contributed by atoms with Gasteiger partial charge in [-0.1, -0.05) is 29.8 Å². The lowest BCUT2D eigenvalue weighted by atomic mass is 10.2. The number of hydrogen-bond donors (Lipinski definition) is 3. The van der Waals surface area contributed by atoms with Crippen LogP contribution in [0, 0.1) is 0 Å². The van der Waals surface area contributed by atoms with Gasteiger partial charge in [-0.05, 0) is 17.5 Å². The Balaban J connectivity index is 1.78. The summed E-state index contributed by atoms with van der Waals surface area (Å²) in [6.45, 7) is 0.613. The van der Waals surface area contributed by atoms with Crippen molar-refractivity contribution in [3.05, 3.63) is 47.2 Å². The molecule has 2 heterocycles. The van der Waals surface area contributed by atoms with Crippen molar-refractivity contribution in [2.45, 2.75) is 6.54 Å². The van der Waals surface area contributed by atoms with Crippen molar-refractivity contribution in [2.75, 3.05) is 11.1 Å². The zero-order chi connectivity index (χ0) is 13.2. The molecule has 0 bridgehead atoms. The van der Waals surface area contributed by atoms with Gasteiger partial charge in [-0.25, -0.2) is 4.98 Å². The number of nitrogens with zero attached hydrogens (tertiary/aromatic N) is 2. The van der Waals surface area contributed by atoms with Crippen molar-refractivity contribution < 1.29 is 0 Å². The third kappa shape index (κ3) is 2.61. The predicted molar refractivity (Wildman–Crippen MR) is 77.1 cm³/mol. The number of nitrogens with one attached hydrogen (secondary N) is 2. The fraction of sp³-hybridized carbons (Fsp3) is 0.0769. The number of hydrogen-bond acceptors (Lipinski definition) is 4. The summed E-state index contributed by atoms with van der Waals surface area (Å²) < 4.78 is 0. The van der Waals surface area contributed by atoms with Crippen LogP contribution in [0.25, 0.3) is 10.9 Å². The van der Waals surface area contributed by atoms with Crippen molar-refractivity contribution in [3.8, 4) is 0 Å². The van der Waals surface area contributed by atoms with E-state index in [2.05, 4.69) is 32.4 Å². The number of nitrogen functional groups attached to an aromatic ring is 1. The number of halogens is 1. The zero-order valence-corrected chi connectivity index (χ0v) is 10.8. The Kier molecular flexibility index (Phi) is 2.97. The Morgan fingerprint density at radius 1 is 1.21 bits per heavy atom. The highest BCUT2D eigenvalue weighted by Crippen LogP contribution is 2.17. The van der Waals surface area contributed by atoms with Crippen LogP contribution < -0.4 is 11.1 Å². The summed E-state index contributed by atoms with van der Waals surface area (Å²) in [5.74, 6) is 0.766. The van der Waals surface area contributed by atoms with E-state index in [0.29, 0.717) is 17.5 Å². The van der Waals surface area contributed by atoms with Gasteiger partial charge < -0.3 is 16.0 Å². The van der Waals surface area contributed by atoms with Crippen molar-refractivity contribution >= 4 is 34.3 Å². The number of H-pyrrole nitrogens is 1. The molecule has 3 aromatic rings. The van der Waals surface area contributed by atoms with Crippen LogP contribution in [-0.4, -0.2) is 15.0 Å². The summed E-state index contributed by atoms with van der Waals surface area (Å²) in [6.07, 6.45) is 0. The molecular weight excluding hydrogens is 262 g/mol. The number of aromatic amines is 1. The van der Waals surface area contributed by atoms with E-state index in [4.69, 9.17) is 17.3 Å². The number of benzene rings is 1. The van der Waals surface area contributed by atoms with E-state index in [9.17, 15) is 0 Å². The average Bonchev–Trinajstić information content (AvgIpc) is 2.78. The fourth-order valence-corrected chi connectivity index (χ4v) is 2.13. The maximum Gasteiger partial charge on any atom is 0.223 e. The predicted octanol–water partition coefficient (Wildman–Crippen LogP) is 2.81. The molecule has 0 saturated carbocycles. The molecule has 2 aromatic heterocycles. The minimum Gasteiger partial charge on any atom is -0.368 e. The van der Waals surface area contributed by atoms with E-state index in [1.54, 1.807) is 6.07 Å². The van der Waals surface area contributed by atoms with Crippen molar-refractivity contribution in [2.24, 2.45) is 0 Å². The van der Waals surface area contributed by atoms with E-state index in [0.717, 1.165) is 11.2 Å². The molecule has 5 nitrogen and oxygen atoms in total. The minimum absolute atomic E-state index is 0.159. The number of nitrogens with two attached hydrogens (primary N) is 1. The number of aromatic nitrogens is 3. The highest BCUT2D eigenvalue weighted by molar-refractivity contribution is 6.29. The molecule has 0 spiro atoms. The Labute approximate surface area is 114 Å². The van der Waals surface area contributed by atoms with Crippen molar-refractivity contribution in [3.63, 3.8) is 0 Å². The zero-order valence-electron chi connectivity index (χ0n) is 10.0. The number of para-hydroxylation sites is 1. The van der Waals surface area contributed by atoms with Crippen LogP contribution >= 0.6 is 11.6 Å². The van der Waals surface area contributed by atoms with Gasteiger partial charge in [0.15, 0.2) is 0 Å². The molecule has 0 aliphatic rings. The van der Waals surface area contributed by atoms with Crippen LogP contribution in [0.5, 0.6) is 0 Å². The normalized spacial score (nSPS) is 10.8. The molecule has 1 aromatic carbocycles. The van der Waals surface area contributed by atoms with Crippen LogP contribution in [0.2, 0.25) is 5.15 Å². The minimum atomic E-state index is 0.159. The maximum atomic E-state index is 5.82. The molecule has 96 valence electrons. The van der Waals surface area contributed by atoms with Gasteiger partial charge in [0.05, 0.1) is 6.54 Å². The molecule has 0 amide bonds. The molecule has 4 N–H and O–H groups in total. The lowest BCUT2D eigenvalue weighted by Gasteiger charge is -2.04. The molecule has 0 atom stereocenters. The average molecular weight is 274 g/mol. The smallest absolute Gasteiger partial charge is 0.223 e. The van der Waals surface area contributed by atoms with Gasteiger partial charge in [-0.3, -0.25) is 0 Å². The Bertz CT molecular complexity index is 669. The molecule has 0 fully saturated rings. The molecule has 0 saturated heterocycles. The topological polar surface area (TPSA) is 79.6 Å². The molecule has 3 rings (SSSR count). The summed E-state index contributed by atoms with van der Waals surface area (Å²) in [4.78, 5) is 11.2. The molecule has 6 heteroatoms. The lowest BCUT2D eigenvalue weighted by Crippen LogP contribution is -2.04. The lowest BCUT2D eigenvalue weighted by molar-refractivity contribution is 1.05. The van der Waals surface area contributed by atoms with Gasteiger partial charge in [0.1, 0.15) is 11.0 Å². The van der Waals surface area contributed by atoms with Gasteiger partial charge in [-0.2, -0.15) is 4.98 Å². The SMILES string of the molecule is Nc1nc(Cl)cc(NCc2cc3ccccc3[nH]2)n1. The third-order valence-corrected chi connectivity index (χ3v) is 2.95. The number of fused-ring (bicyclic) bond motifs is 1. The second kappa shape index (κ2) is 4.78. The van der Waals surface area contributed by atoms with Crippen LogP contribution in [0.4, 0.5) is 11.8 Å². The summed E-state index contributed by atoms with van der Waals surface area (Å²) in [7, 11) is 0. The first-order valence-corrected chi connectivity index (χ1v) is 6.19. The Morgan fingerprint density at radius 2 is 2.05 bits per heavy atom.